The Hall–Kier alpha value is -7.73. The summed E-state index contributed by atoms with van der Waals surface area (Å²) in [6.07, 6.45) is 0.556. The Morgan fingerprint density at radius 3 is 1.01 bits per heavy atom. The van der Waals surface area contributed by atoms with Crippen molar-refractivity contribution in [1.82, 2.24) is 0 Å². The topological polar surface area (TPSA) is 15.5 Å². The van der Waals surface area contributed by atoms with Gasteiger partial charge in [-0.05, 0) is 189 Å². The molecule has 4 aromatic heterocycles. The van der Waals surface area contributed by atoms with E-state index in [0.717, 1.165) is 5.69 Å². The molecule has 0 aliphatic rings. The molecule has 0 amide bonds. The molecule has 4 heterocycles. The van der Waals surface area contributed by atoms with Crippen LogP contribution in [0.2, 0.25) is 78.6 Å². The lowest BCUT2D eigenvalue weighted by molar-refractivity contribution is -0.665. The molecule has 0 N–H and O–H groups in total. The van der Waals surface area contributed by atoms with Gasteiger partial charge in [0.25, 0.3) is 0 Å². The minimum absolute atomic E-state index is 0. The first-order valence-electron chi connectivity index (χ1n) is 40.6. The lowest BCUT2D eigenvalue weighted by Gasteiger charge is -2.21. The number of hydrogen-bond donors (Lipinski definition) is 0. The van der Waals surface area contributed by atoms with Crippen molar-refractivity contribution >= 4 is 96.1 Å². The number of benzene rings is 8. The molecule has 0 spiro atoms. The van der Waals surface area contributed by atoms with Gasteiger partial charge in [0.2, 0.25) is 22.8 Å². The average Bonchev–Trinajstić information content (AvgIpc) is 0.765. The van der Waals surface area contributed by atoms with E-state index in [2.05, 4.69) is 397 Å². The fourth-order valence-electron chi connectivity index (χ4n) is 15.2. The first-order valence-corrected chi connectivity index (χ1v) is 54.1. The summed E-state index contributed by atoms with van der Waals surface area (Å²) in [6.45, 7) is 71.8. The molecule has 0 unspecified atom stereocenters. The monoisotopic (exact) mass is 1520 g/mol. The molecule has 0 saturated carbocycles. The second-order valence-electron chi connectivity index (χ2n) is 38.2. The van der Waals surface area contributed by atoms with E-state index in [-0.39, 0.29) is 12.8 Å². The maximum atomic E-state index is 8.64. The van der Waals surface area contributed by atoms with E-state index in [1.165, 1.54) is 176 Å². The van der Waals surface area contributed by atoms with Crippen molar-refractivity contribution in [3.63, 3.8) is 0 Å². The van der Waals surface area contributed by atoms with Gasteiger partial charge in [-0.2, -0.15) is 13.7 Å². The quantitative estimate of drug-likeness (QED) is 0.0856. The maximum absolute atomic E-state index is 8.64. The smallest absolute Gasteiger partial charge is 0.200 e. The maximum Gasteiger partial charge on any atom is 0.220 e. The zero-order valence-electron chi connectivity index (χ0n) is 74.6. The first-order chi connectivity index (χ1) is 50.4. The summed E-state index contributed by atoms with van der Waals surface area (Å²) in [7, 11) is 3.23. The van der Waals surface area contributed by atoms with Gasteiger partial charge in [-0.15, -0.1) is 0 Å². The molecule has 8 aromatic carbocycles. The lowest BCUT2D eigenvalue weighted by atomic mass is 9.84. The van der Waals surface area contributed by atoms with E-state index in [1.807, 2.05) is 17.7 Å². The van der Waals surface area contributed by atoms with Crippen LogP contribution in [0, 0.1) is 55.4 Å². The highest BCUT2D eigenvalue weighted by Crippen LogP contribution is 2.39. The summed E-state index contributed by atoms with van der Waals surface area (Å²) in [6, 6.07) is 60.8. The molecule has 0 bridgehead atoms. The molecular formula is C101H140N4Si4+4. The van der Waals surface area contributed by atoms with Gasteiger partial charge < -0.3 is 0 Å². The standard InChI is InChI=1S/C26H36NSi.2C25H34NSi.C24H32NSi.CH4/c1-17(2)21-15-24(18(3)4)19(5)25(16-21)26-23-11-10-22(28(7,8)9)14-20(23)12-13-27(26)6;1-16(2)20-12-17(3)19(5)24(15-20)25-23-11-10-22(27(7,8)9)14-21(23)13-18(4)26(25)6;1-17-10-11-20(25(3,4)5)16-23(17)24-22-13-12-21(27(7,8)9)15-19(22)14-18(2)26(24)6;1-16(2)19-10-9-17(3)23(15-19)24-22-12-11-21(26(6,7)8)14-20(22)13-18(4)25(24)5;/h10-18H,1-9H3;2*10-16H,1-9H3;9-16H,1-8H3;1H4/q4*+1;/i13D;;;;. The molecular weight excluding hydrogens is 1380 g/mol. The van der Waals surface area contributed by atoms with Gasteiger partial charge in [0.1, 0.15) is 29.6 Å². The zero-order valence-corrected chi connectivity index (χ0v) is 77.6. The van der Waals surface area contributed by atoms with Crippen molar-refractivity contribution in [1.29, 1.82) is 0 Å². The number of fused-ring (bicyclic) bond motifs is 4. The highest BCUT2D eigenvalue weighted by atomic mass is 28.3. The summed E-state index contributed by atoms with van der Waals surface area (Å²) < 4.78 is 17.8. The van der Waals surface area contributed by atoms with E-state index in [1.54, 1.807) is 0 Å². The van der Waals surface area contributed by atoms with Gasteiger partial charge in [-0.1, -0.05) is 268 Å². The van der Waals surface area contributed by atoms with Crippen LogP contribution in [-0.4, -0.2) is 32.3 Å². The normalized spacial score (nSPS) is 12.4. The van der Waals surface area contributed by atoms with E-state index < -0.39 is 32.3 Å². The molecule has 0 radical (unpaired) electrons. The summed E-state index contributed by atoms with van der Waals surface area (Å²) >= 11 is 0. The molecule has 0 fully saturated rings. The Bertz CT molecular complexity index is 5440. The molecule has 12 rings (SSSR count). The molecule has 4 nitrogen and oxygen atoms in total. The summed E-state index contributed by atoms with van der Waals surface area (Å²) in [5.74, 6) is 2.01. The molecule has 12 aromatic rings. The highest BCUT2D eigenvalue weighted by molar-refractivity contribution is 6.90. The summed E-state index contributed by atoms with van der Waals surface area (Å²) in [5, 5.41) is 16.6. The Morgan fingerprint density at radius 1 is 0.312 bits per heavy atom. The second-order valence-corrected chi connectivity index (χ2v) is 58.5. The van der Waals surface area contributed by atoms with Gasteiger partial charge in [-0.25, -0.2) is 4.57 Å². The molecule has 8 heteroatoms. The van der Waals surface area contributed by atoms with Crippen molar-refractivity contribution in [3.8, 4) is 45.0 Å². The van der Waals surface area contributed by atoms with Gasteiger partial charge in [-0.3, -0.25) is 0 Å². The predicted molar refractivity (Wildman–Crippen MR) is 494 cm³/mol. The number of aromatic nitrogens is 4. The van der Waals surface area contributed by atoms with Crippen LogP contribution in [0.15, 0.2) is 164 Å². The van der Waals surface area contributed by atoms with Crippen LogP contribution in [0.1, 0.15) is 181 Å². The number of hydrogen-bond acceptors (Lipinski definition) is 0. The molecule has 0 aliphatic heterocycles. The van der Waals surface area contributed by atoms with Crippen LogP contribution >= 0.6 is 0 Å². The van der Waals surface area contributed by atoms with Crippen molar-refractivity contribution in [2.45, 2.75) is 247 Å². The van der Waals surface area contributed by atoms with Crippen molar-refractivity contribution < 1.29 is 19.6 Å². The van der Waals surface area contributed by atoms with E-state index in [0.29, 0.717) is 29.8 Å². The minimum atomic E-state index is -1.40. The van der Waals surface area contributed by atoms with Gasteiger partial charge >= 0.3 is 0 Å². The van der Waals surface area contributed by atoms with Crippen LogP contribution in [0.5, 0.6) is 0 Å². The van der Waals surface area contributed by atoms with Crippen LogP contribution in [0.25, 0.3) is 88.1 Å². The highest BCUT2D eigenvalue weighted by Gasteiger charge is 2.30. The SMILES string of the molecule is C.Cc1cc(C(C)C)cc(-c2c3ccc([Si](C)(C)C)cc3cc(C)[n+]2C)c1C.Cc1ccc(C(C)(C)C)cc1-c1c2ccc([Si](C)(C)C)cc2cc(C)[n+]1C.Cc1ccc(C(C)C)cc1-c1c2ccc([Si](C)(C)C)cc2cc(C)[n+]1C.[2H]c1cc2cc([Si](C)(C)C)ccc2c(-c2cc(C(C)C)cc(C(C)C)c2C)[n+]1C. The average molecular weight is 1520 g/mol. The fraction of sp³-hybridized carbons (Fsp3) is 0.406. The van der Waals surface area contributed by atoms with Crippen molar-refractivity contribution in [2.24, 2.45) is 28.2 Å². The van der Waals surface area contributed by atoms with Crippen LogP contribution in [0.3, 0.4) is 0 Å². The van der Waals surface area contributed by atoms with Crippen LogP contribution in [0.4, 0.5) is 0 Å². The number of aryl methyl sites for hydroxylation is 6. The van der Waals surface area contributed by atoms with Crippen molar-refractivity contribution in [2.75, 3.05) is 0 Å². The third-order valence-electron chi connectivity index (χ3n) is 23.3. The predicted octanol–water partition coefficient (Wildman–Crippen LogP) is 24.4. The van der Waals surface area contributed by atoms with E-state index >= 15 is 0 Å². The molecule has 0 atom stereocenters. The Balaban J connectivity index is 0.000000184. The van der Waals surface area contributed by atoms with E-state index in [9.17, 15) is 0 Å². The third kappa shape index (κ3) is 19.1. The number of nitrogens with zero attached hydrogens (tertiary/aromatic N) is 4. The van der Waals surface area contributed by atoms with Crippen molar-refractivity contribution in [3.05, 3.63) is 237 Å². The second kappa shape index (κ2) is 33.3. The number of pyridine rings is 4. The van der Waals surface area contributed by atoms with Gasteiger partial charge in [0, 0.05) is 50.6 Å². The fourth-order valence-corrected chi connectivity index (χ4v) is 19.9. The Morgan fingerprint density at radius 2 is 0.642 bits per heavy atom. The van der Waals surface area contributed by atoms with E-state index in [4.69, 9.17) is 1.37 Å². The lowest BCUT2D eigenvalue weighted by Crippen LogP contribution is -2.38. The molecule has 576 valence electrons. The summed E-state index contributed by atoms with van der Waals surface area (Å²) in [5.41, 5.74) is 28.3. The van der Waals surface area contributed by atoms with Crippen LogP contribution in [-0.2, 0) is 33.6 Å². The molecule has 0 aliphatic carbocycles. The van der Waals surface area contributed by atoms with Gasteiger partial charge in [0.05, 0.1) is 70.5 Å². The Kier molecular flexibility index (Phi) is 26.0. The zero-order chi connectivity index (χ0) is 81.1. The molecule has 0 saturated heterocycles. The first kappa shape index (κ1) is 85.3. The van der Waals surface area contributed by atoms with Gasteiger partial charge in [0.15, 0.2) is 23.3 Å². The Labute approximate surface area is 667 Å². The minimum Gasteiger partial charge on any atom is -0.200 e. The third-order valence-corrected chi connectivity index (χ3v) is 31.5. The largest absolute Gasteiger partial charge is 0.220 e. The number of rotatable bonds is 12. The molecule has 109 heavy (non-hydrogen) atoms. The van der Waals surface area contributed by atoms with Crippen LogP contribution < -0.4 is 39.0 Å². The summed E-state index contributed by atoms with van der Waals surface area (Å²) in [4.78, 5) is 0.